The fraction of sp³-hybridized carbons (Fsp3) is 1.00. The molecule has 300 valence electrons. The molecular weight excluding hydrogens is 672 g/mol. The minimum absolute atomic E-state index is 0.144. The molecule has 0 amide bonds. The molecule has 0 radical (unpaired) electrons. The summed E-state index contributed by atoms with van der Waals surface area (Å²) >= 11 is 0. The van der Waals surface area contributed by atoms with E-state index in [0.717, 1.165) is 0 Å². The predicted molar refractivity (Wildman–Crippen MR) is 182 cm³/mol. The maximum absolute atomic E-state index is 11.0. The van der Waals surface area contributed by atoms with Gasteiger partial charge in [0.1, 0.15) is 12.2 Å². The zero-order valence-corrected chi connectivity index (χ0v) is 30.8. The van der Waals surface area contributed by atoms with Crippen LogP contribution in [0.2, 0.25) is 0 Å². The first-order valence-electron chi connectivity index (χ1n) is 18.9. The van der Waals surface area contributed by atoms with Crippen LogP contribution in [0, 0.1) is 17.8 Å². The Kier molecular flexibility index (Phi) is 16.8. The smallest absolute Gasteiger partial charge is 0.157 e. The van der Waals surface area contributed by atoms with Crippen molar-refractivity contribution in [2.24, 2.45) is 17.8 Å². The molecular formula is C36H66O15. The van der Waals surface area contributed by atoms with Crippen molar-refractivity contribution in [1.29, 1.82) is 0 Å². The molecule has 0 aliphatic carbocycles. The van der Waals surface area contributed by atoms with Gasteiger partial charge in [-0.1, -0.05) is 13.8 Å². The van der Waals surface area contributed by atoms with Crippen molar-refractivity contribution in [2.75, 3.05) is 52.9 Å². The summed E-state index contributed by atoms with van der Waals surface area (Å²) in [6, 6.07) is 0. The average molecular weight is 739 g/mol. The highest BCUT2D eigenvalue weighted by Gasteiger charge is 2.42. The van der Waals surface area contributed by atoms with E-state index in [-0.39, 0.29) is 70.4 Å². The van der Waals surface area contributed by atoms with Crippen molar-refractivity contribution in [3.63, 3.8) is 0 Å². The quantitative estimate of drug-likeness (QED) is 0.0899. The van der Waals surface area contributed by atoms with Crippen LogP contribution < -0.4 is 0 Å². The van der Waals surface area contributed by atoms with Gasteiger partial charge in [0.2, 0.25) is 0 Å². The lowest BCUT2D eigenvalue weighted by Crippen LogP contribution is -2.51. The molecule has 4 aliphatic rings. The first-order valence-corrected chi connectivity index (χ1v) is 18.9. The summed E-state index contributed by atoms with van der Waals surface area (Å²) < 4.78 is 41.8. The lowest BCUT2D eigenvalue weighted by Gasteiger charge is -2.42. The molecule has 4 unspecified atom stereocenters. The van der Waals surface area contributed by atoms with E-state index in [1.807, 2.05) is 27.7 Å². The standard InChI is InChI=1S/C36H66O15/c1-5-35(3,49-19-25-9-30(42)34(44)32(14-38)51-25)11-21-15-46-23(7-27(21)39)17-45-20-26-29(41)8-24(50-31(26)13-37)18-48-36(4,6-2)12-22-16-47-33(43)10-28(22)40/h21-34,37-44H,5-20H2,1-4H3/t21-,22-,23-,24-,25-,26+,27?,28?,29+,30+,31?,32?,33-,34+,35-,36-/m1/s1. The topological polar surface area (TPSA) is 226 Å². The predicted octanol–water partition coefficient (Wildman–Crippen LogP) is -0.366. The van der Waals surface area contributed by atoms with Crippen molar-refractivity contribution in [2.45, 2.75) is 158 Å². The van der Waals surface area contributed by atoms with E-state index in [0.29, 0.717) is 45.1 Å². The van der Waals surface area contributed by atoms with Gasteiger partial charge in [-0.25, -0.2) is 0 Å². The highest BCUT2D eigenvalue weighted by molar-refractivity contribution is 4.90. The zero-order valence-electron chi connectivity index (χ0n) is 30.8. The van der Waals surface area contributed by atoms with Gasteiger partial charge in [0, 0.05) is 43.4 Å². The molecule has 15 nitrogen and oxygen atoms in total. The molecule has 4 aliphatic heterocycles. The third kappa shape index (κ3) is 12.2. The van der Waals surface area contributed by atoms with Crippen LogP contribution in [-0.2, 0) is 33.2 Å². The lowest BCUT2D eigenvalue weighted by molar-refractivity contribution is -0.207. The third-order valence-electron chi connectivity index (χ3n) is 11.7. The van der Waals surface area contributed by atoms with E-state index in [2.05, 4.69) is 0 Å². The number of ether oxygens (including phenoxy) is 7. The SMILES string of the molecule is CC[C@](C)(C[C@@H]1CO[C@@H](COC[C@@H]2C(CO)O[C@@H](CO[C@](C)(CC)C[C@@H]3CO[C@@H](O)CC3O)C[C@@H]2O)CC1O)OC[C@H]1C[C@H](O)[C@H](O)C(CO)O1. The summed E-state index contributed by atoms with van der Waals surface area (Å²) in [5, 5.41) is 81.9. The van der Waals surface area contributed by atoms with Gasteiger partial charge >= 0.3 is 0 Å². The molecule has 8 N–H and O–H groups in total. The highest BCUT2D eigenvalue weighted by atomic mass is 16.6. The summed E-state index contributed by atoms with van der Waals surface area (Å²) in [5.74, 6) is -0.805. The van der Waals surface area contributed by atoms with Gasteiger partial charge in [0.05, 0.1) is 113 Å². The Morgan fingerprint density at radius 1 is 0.588 bits per heavy atom. The molecule has 51 heavy (non-hydrogen) atoms. The van der Waals surface area contributed by atoms with Gasteiger partial charge in [-0.2, -0.15) is 0 Å². The van der Waals surface area contributed by atoms with Crippen LogP contribution in [0.25, 0.3) is 0 Å². The maximum atomic E-state index is 11.0. The minimum Gasteiger partial charge on any atom is -0.394 e. The van der Waals surface area contributed by atoms with Crippen molar-refractivity contribution >= 4 is 0 Å². The zero-order chi connectivity index (χ0) is 37.3. The van der Waals surface area contributed by atoms with E-state index < -0.39 is 85.0 Å². The molecule has 0 spiro atoms. The largest absolute Gasteiger partial charge is 0.394 e. The molecule has 0 saturated carbocycles. The Labute approximate surface area is 302 Å². The van der Waals surface area contributed by atoms with Gasteiger partial charge < -0.3 is 74.0 Å². The number of aliphatic hydroxyl groups excluding tert-OH is 8. The van der Waals surface area contributed by atoms with Gasteiger partial charge in [-0.15, -0.1) is 0 Å². The van der Waals surface area contributed by atoms with Gasteiger partial charge in [-0.05, 0) is 39.5 Å². The molecule has 4 saturated heterocycles. The normalized spacial score (nSPS) is 41.9. The Hall–Kier alpha value is -0.600. The van der Waals surface area contributed by atoms with Crippen LogP contribution in [-0.4, -0.2) is 172 Å². The van der Waals surface area contributed by atoms with Gasteiger partial charge in [-0.3, -0.25) is 0 Å². The first kappa shape index (κ1) is 43.1. The number of rotatable bonds is 18. The van der Waals surface area contributed by atoms with Crippen molar-refractivity contribution < 1.29 is 74.0 Å². The van der Waals surface area contributed by atoms with Crippen LogP contribution in [0.15, 0.2) is 0 Å². The van der Waals surface area contributed by atoms with E-state index in [4.69, 9.17) is 33.2 Å². The molecule has 4 rings (SSSR count). The van der Waals surface area contributed by atoms with Crippen LogP contribution in [0.1, 0.15) is 79.1 Å². The van der Waals surface area contributed by atoms with Gasteiger partial charge in [0.25, 0.3) is 0 Å². The molecule has 15 heteroatoms. The van der Waals surface area contributed by atoms with E-state index in [9.17, 15) is 40.9 Å². The lowest BCUT2D eigenvalue weighted by atomic mass is 9.83. The Bertz CT molecular complexity index is 1010. The molecule has 4 heterocycles. The molecule has 0 aromatic heterocycles. The summed E-state index contributed by atoms with van der Waals surface area (Å²) in [5.41, 5.74) is -1.17. The number of hydrogen-bond donors (Lipinski definition) is 8. The van der Waals surface area contributed by atoms with Crippen molar-refractivity contribution in [1.82, 2.24) is 0 Å². The monoisotopic (exact) mass is 738 g/mol. The maximum Gasteiger partial charge on any atom is 0.157 e. The second-order valence-corrected chi connectivity index (χ2v) is 15.8. The number of aliphatic hydroxyl groups is 8. The molecule has 4 fully saturated rings. The van der Waals surface area contributed by atoms with Crippen LogP contribution in [0.4, 0.5) is 0 Å². The summed E-state index contributed by atoms with van der Waals surface area (Å²) in [7, 11) is 0. The Balaban J connectivity index is 1.17. The third-order valence-corrected chi connectivity index (χ3v) is 11.7. The summed E-state index contributed by atoms with van der Waals surface area (Å²) in [6.45, 7) is 8.53. The van der Waals surface area contributed by atoms with Crippen molar-refractivity contribution in [3.8, 4) is 0 Å². The fourth-order valence-corrected chi connectivity index (χ4v) is 7.76. The van der Waals surface area contributed by atoms with Crippen LogP contribution in [0.5, 0.6) is 0 Å². The van der Waals surface area contributed by atoms with Crippen LogP contribution in [0.3, 0.4) is 0 Å². The van der Waals surface area contributed by atoms with Gasteiger partial charge in [0.15, 0.2) is 6.29 Å². The highest BCUT2D eigenvalue weighted by Crippen LogP contribution is 2.35. The second kappa shape index (κ2) is 19.8. The fourth-order valence-electron chi connectivity index (χ4n) is 7.76. The molecule has 0 aromatic rings. The molecule has 16 atom stereocenters. The minimum atomic E-state index is -1.14. The molecule has 0 bridgehead atoms. The summed E-state index contributed by atoms with van der Waals surface area (Å²) in [6.07, 6.45) is -4.54. The van der Waals surface area contributed by atoms with Crippen LogP contribution >= 0.6 is 0 Å². The first-order chi connectivity index (χ1) is 24.2. The van der Waals surface area contributed by atoms with Crippen molar-refractivity contribution in [3.05, 3.63) is 0 Å². The Morgan fingerprint density at radius 2 is 1.10 bits per heavy atom. The van der Waals surface area contributed by atoms with E-state index in [1.165, 1.54) is 0 Å². The second-order valence-electron chi connectivity index (χ2n) is 15.8. The van der Waals surface area contributed by atoms with E-state index in [1.54, 1.807) is 0 Å². The number of hydrogen-bond acceptors (Lipinski definition) is 15. The average Bonchev–Trinajstić information content (AvgIpc) is 3.10. The Morgan fingerprint density at radius 3 is 1.63 bits per heavy atom. The van der Waals surface area contributed by atoms with E-state index >= 15 is 0 Å². The molecule has 0 aromatic carbocycles. The summed E-state index contributed by atoms with van der Waals surface area (Å²) in [4.78, 5) is 0.